The van der Waals surface area contributed by atoms with Crippen LogP contribution >= 0.6 is 0 Å². The van der Waals surface area contributed by atoms with Crippen molar-refractivity contribution in [2.24, 2.45) is 0 Å². The summed E-state index contributed by atoms with van der Waals surface area (Å²) in [6, 6.07) is 0. The summed E-state index contributed by atoms with van der Waals surface area (Å²) in [7, 11) is 0. The third-order valence-corrected chi connectivity index (χ3v) is 0.730. The zero-order valence-electron chi connectivity index (χ0n) is 7.53. The molecule has 0 heterocycles. The number of carboxylic acids is 2. The van der Waals surface area contributed by atoms with Crippen LogP contribution in [0.25, 0.3) is 0 Å². The van der Waals surface area contributed by atoms with Crippen molar-refractivity contribution in [3.63, 3.8) is 0 Å². The summed E-state index contributed by atoms with van der Waals surface area (Å²) < 4.78 is 0. The molecule has 2 N–H and O–H groups in total. The summed E-state index contributed by atoms with van der Waals surface area (Å²) in [5.74, 6) is -1.87. The fourth-order valence-electron chi connectivity index (χ4n) is 0. The fourth-order valence-corrected chi connectivity index (χ4v) is 0. The molecule has 0 saturated heterocycles. The van der Waals surface area contributed by atoms with Gasteiger partial charge in [-0.25, -0.2) is 9.59 Å². The van der Waals surface area contributed by atoms with Crippen LogP contribution in [0.4, 0.5) is 0 Å². The summed E-state index contributed by atoms with van der Waals surface area (Å²) in [5.41, 5.74) is 0.352. The van der Waals surface area contributed by atoms with Crippen molar-refractivity contribution in [1.29, 1.82) is 0 Å². The molecule has 13 heavy (non-hydrogen) atoms. The van der Waals surface area contributed by atoms with E-state index in [1.807, 2.05) is 0 Å². The van der Waals surface area contributed by atoms with E-state index in [9.17, 15) is 9.59 Å². The molecule has 0 aliphatic heterocycles. The number of aliphatic carboxylic acids is 2. The fraction of sp³-hybridized carbons (Fsp3) is 0.250. The predicted octanol–water partition coefficient (Wildman–Crippen LogP) is 1.29. The van der Waals surface area contributed by atoms with Crippen molar-refractivity contribution in [3.8, 4) is 0 Å². The van der Waals surface area contributed by atoms with Gasteiger partial charge in [-0.05, 0) is 13.8 Å². The number of carbonyl (C=O) groups is 2. The molecule has 0 fully saturated rings. The first-order valence-corrected chi connectivity index (χ1v) is 3.06. The molecular formula is C8H12O4Sm. The molecule has 5 heteroatoms. The van der Waals surface area contributed by atoms with Crippen molar-refractivity contribution in [1.82, 2.24) is 0 Å². The predicted molar refractivity (Wildman–Crippen MR) is 44.9 cm³/mol. The van der Waals surface area contributed by atoms with E-state index in [-0.39, 0.29) is 51.5 Å². The maximum atomic E-state index is 9.60. The van der Waals surface area contributed by atoms with Crippen molar-refractivity contribution in [3.05, 3.63) is 24.3 Å². The molecule has 0 radical (unpaired) electrons. The van der Waals surface area contributed by atoms with E-state index in [0.717, 1.165) is 0 Å². The molecule has 0 spiro atoms. The van der Waals surface area contributed by atoms with Gasteiger partial charge in [0.05, 0.1) is 0 Å². The van der Waals surface area contributed by atoms with Crippen LogP contribution in [0.2, 0.25) is 0 Å². The summed E-state index contributed by atoms with van der Waals surface area (Å²) in [6.07, 6.45) is 0. The molecule has 0 aromatic carbocycles. The Morgan fingerprint density at radius 3 is 1.00 bits per heavy atom. The first-order valence-electron chi connectivity index (χ1n) is 3.06. The normalized spacial score (nSPS) is 6.92. The van der Waals surface area contributed by atoms with Crippen LogP contribution in [0, 0.1) is 40.4 Å². The van der Waals surface area contributed by atoms with Crippen LogP contribution in [0.5, 0.6) is 0 Å². The first-order chi connectivity index (χ1) is 5.29. The van der Waals surface area contributed by atoms with Gasteiger partial charge in [0.2, 0.25) is 0 Å². The minimum Gasteiger partial charge on any atom is -0.478 e. The SMILES string of the molecule is C=C(C)C(=O)O.C=C(C)C(=O)O.[Sm]. The van der Waals surface area contributed by atoms with Crippen LogP contribution in [0.15, 0.2) is 24.3 Å². The second-order valence-electron chi connectivity index (χ2n) is 2.17. The van der Waals surface area contributed by atoms with Crippen LogP contribution < -0.4 is 0 Å². The minimum absolute atomic E-state index is 0. The van der Waals surface area contributed by atoms with Crippen LogP contribution in [0.1, 0.15) is 13.8 Å². The Bertz CT molecular complexity index is 172. The molecule has 74 valence electrons. The molecule has 0 aromatic rings. The van der Waals surface area contributed by atoms with E-state index in [2.05, 4.69) is 13.2 Å². The Kier molecular flexibility index (Phi) is 14.0. The minimum atomic E-state index is -0.935. The zero-order chi connectivity index (χ0) is 10.3. The van der Waals surface area contributed by atoms with E-state index in [4.69, 9.17) is 10.2 Å². The molecule has 0 unspecified atom stereocenters. The monoisotopic (exact) mass is 324 g/mol. The summed E-state index contributed by atoms with van der Waals surface area (Å²) in [5, 5.41) is 15.8. The molecule has 0 amide bonds. The van der Waals surface area contributed by atoms with Crippen molar-refractivity contribution < 1.29 is 60.2 Å². The third-order valence-electron chi connectivity index (χ3n) is 0.730. The summed E-state index contributed by atoms with van der Waals surface area (Å²) in [6.45, 7) is 9.20. The van der Waals surface area contributed by atoms with E-state index in [0.29, 0.717) is 0 Å². The van der Waals surface area contributed by atoms with Gasteiger partial charge >= 0.3 is 11.9 Å². The third kappa shape index (κ3) is 18.6. The van der Waals surface area contributed by atoms with Crippen LogP contribution in [-0.2, 0) is 9.59 Å². The van der Waals surface area contributed by atoms with Gasteiger partial charge in [-0.2, -0.15) is 0 Å². The Hall–Kier alpha value is -0.242. The second kappa shape index (κ2) is 9.84. The number of hydrogen-bond acceptors (Lipinski definition) is 2. The van der Waals surface area contributed by atoms with Crippen molar-refractivity contribution >= 4 is 11.9 Å². The molecule has 0 aromatic heterocycles. The topological polar surface area (TPSA) is 74.6 Å². The van der Waals surface area contributed by atoms with Crippen LogP contribution in [-0.4, -0.2) is 22.2 Å². The average molecular weight is 323 g/mol. The first kappa shape index (κ1) is 18.5. The number of hydrogen-bond donors (Lipinski definition) is 2. The van der Waals surface area contributed by atoms with E-state index >= 15 is 0 Å². The molecule has 4 nitrogen and oxygen atoms in total. The van der Waals surface area contributed by atoms with Gasteiger partial charge < -0.3 is 10.2 Å². The maximum absolute atomic E-state index is 9.60. The van der Waals surface area contributed by atoms with Crippen molar-refractivity contribution in [2.75, 3.05) is 0 Å². The molecular weight excluding hydrogens is 310 g/mol. The zero-order valence-corrected chi connectivity index (χ0v) is 10.2. The van der Waals surface area contributed by atoms with Gasteiger partial charge in [-0.1, -0.05) is 13.2 Å². The summed E-state index contributed by atoms with van der Waals surface area (Å²) in [4.78, 5) is 19.2. The van der Waals surface area contributed by atoms with Gasteiger partial charge in [0, 0.05) is 51.5 Å². The quantitative estimate of drug-likeness (QED) is 0.751. The van der Waals surface area contributed by atoms with Gasteiger partial charge in [0.1, 0.15) is 0 Å². The molecule has 0 bridgehead atoms. The molecule has 0 rings (SSSR count). The van der Waals surface area contributed by atoms with E-state index < -0.39 is 11.9 Å². The van der Waals surface area contributed by atoms with Gasteiger partial charge in [0.15, 0.2) is 0 Å². The molecule has 0 aliphatic carbocycles. The average Bonchev–Trinajstić information content (AvgIpc) is 1.88. The standard InChI is InChI=1S/2C4H6O2.Sm/c2*1-3(2)4(5)6;/h2*1H2,2H3,(H,5,6);. The largest absolute Gasteiger partial charge is 0.478 e. The second-order valence-corrected chi connectivity index (χ2v) is 2.17. The molecule has 0 saturated carbocycles. The van der Waals surface area contributed by atoms with Gasteiger partial charge in [-0.15, -0.1) is 0 Å². The Balaban J connectivity index is -0.000000143. The summed E-state index contributed by atoms with van der Waals surface area (Å²) >= 11 is 0. The van der Waals surface area contributed by atoms with E-state index in [1.54, 1.807) is 0 Å². The van der Waals surface area contributed by atoms with Crippen LogP contribution in [0.3, 0.4) is 0 Å². The van der Waals surface area contributed by atoms with Gasteiger partial charge in [-0.3, -0.25) is 0 Å². The Morgan fingerprint density at radius 1 is 0.923 bits per heavy atom. The Labute approximate surface area is 109 Å². The Morgan fingerprint density at radius 2 is 1.00 bits per heavy atom. The van der Waals surface area contributed by atoms with Gasteiger partial charge in [0.25, 0.3) is 0 Å². The number of rotatable bonds is 2. The van der Waals surface area contributed by atoms with Crippen molar-refractivity contribution in [2.45, 2.75) is 13.8 Å². The smallest absolute Gasteiger partial charge is 0.330 e. The molecule has 0 atom stereocenters. The van der Waals surface area contributed by atoms with E-state index in [1.165, 1.54) is 13.8 Å². The molecule has 0 aliphatic rings. The maximum Gasteiger partial charge on any atom is 0.330 e. The number of carboxylic acid groups (broad SMARTS) is 2.